The van der Waals surface area contributed by atoms with E-state index in [0.717, 1.165) is 41.2 Å². The summed E-state index contributed by atoms with van der Waals surface area (Å²) in [5.41, 5.74) is 1.16. The minimum atomic E-state index is 0.296. The van der Waals surface area contributed by atoms with E-state index in [1.165, 1.54) is 0 Å². The molecule has 0 atom stereocenters. The molecule has 1 aromatic carbocycles. The molecular weight excluding hydrogens is 310 g/mol. The largest absolute Gasteiger partial charge is 0.454 e. The number of fused-ring (bicyclic) bond motifs is 1. The highest BCUT2D eigenvalue weighted by atomic mass is 79.9. The molecule has 0 fully saturated rings. The van der Waals surface area contributed by atoms with Gasteiger partial charge in [0.15, 0.2) is 11.5 Å². The zero-order valence-electron chi connectivity index (χ0n) is 10.3. The predicted octanol–water partition coefficient (Wildman–Crippen LogP) is 2.16. The minimum Gasteiger partial charge on any atom is -0.454 e. The number of hydrogen-bond acceptors (Lipinski definition) is 4. The summed E-state index contributed by atoms with van der Waals surface area (Å²) in [7, 11) is 0. The minimum absolute atomic E-state index is 0.296. The zero-order chi connectivity index (χ0) is 13.1. The Morgan fingerprint density at radius 3 is 3.16 bits per heavy atom. The van der Waals surface area contributed by atoms with Gasteiger partial charge in [0.2, 0.25) is 6.79 Å². The fraction of sp³-hybridized carbons (Fsp3) is 0.308. The number of rotatable bonds is 5. The summed E-state index contributed by atoms with van der Waals surface area (Å²) in [6.45, 7) is 2.81. The van der Waals surface area contributed by atoms with E-state index in [1.54, 1.807) is 6.20 Å². The van der Waals surface area contributed by atoms with Gasteiger partial charge in [-0.2, -0.15) is 5.10 Å². The summed E-state index contributed by atoms with van der Waals surface area (Å²) in [6.07, 6.45) is 3.74. The normalized spacial score (nSPS) is 12.9. The molecule has 0 spiro atoms. The van der Waals surface area contributed by atoms with Crippen molar-refractivity contribution in [1.29, 1.82) is 0 Å². The maximum absolute atomic E-state index is 5.39. The smallest absolute Gasteiger partial charge is 0.231 e. The van der Waals surface area contributed by atoms with E-state index >= 15 is 0 Å². The highest BCUT2D eigenvalue weighted by molar-refractivity contribution is 9.10. The Hall–Kier alpha value is -1.53. The summed E-state index contributed by atoms with van der Waals surface area (Å²) in [4.78, 5) is 0. The Kier molecular flexibility index (Phi) is 3.70. The second-order valence-electron chi connectivity index (χ2n) is 4.26. The lowest BCUT2D eigenvalue weighted by Crippen LogP contribution is -2.19. The van der Waals surface area contributed by atoms with Crippen molar-refractivity contribution in [2.45, 2.75) is 13.1 Å². The molecule has 1 aliphatic rings. The van der Waals surface area contributed by atoms with Gasteiger partial charge in [-0.3, -0.25) is 4.68 Å². The number of aromatic nitrogens is 2. The van der Waals surface area contributed by atoms with Gasteiger partial charge >= 0.3 is 0 Å². The summed E-state index contributed by atoms with van der Waals surface area (Å²) in [5.74, 6) is 1.60. The number of ether oxygens (including phenoxy) is 2. The molecule has 1 N–H and O–H groups in total. The van der Waals surface area contributed by atoms with Crippen molar-refractivity contribution in [1.82, 2.24) is 15.1 Å². The standard InChI is InChI=1S/C13H14BrN3O2/c14-11-6-10(7-12-13(11)19-9-18-12)8-15-3-5-17-4-1-2-16-17/h1-2,4,6-7,15H,3,5,8-9H2. The van der Waals surface area contributed by atoms with Gasteiger partial charge in [0, 0.05) is 25.5 Å². The quantitative estimate of drug-likeness (QED) is 0.857. The molecule has 0 radical (unpaired) electrons. The Bertz CT molecular complexity index is 557. The summed E-state index contributed by atoms with van der Waals surface area (Å²) in [6, 6.07) is 5.98. The van der Waals surface area contributed by atoms with Crippen LogP contribution in [0.2, 0.25) is 0 Å². The van der Waals surface area contributed by atoms with Crippen LogP contribution in [0.5, 0.6) is 11.5 Å². The molecule has 2 heterocycles. The van der Waals surface area contributed by atoms with Gasteiger partial charge in [-0.15, -0.1) is 0 Å². The van der Waals surface area contributed by atoms with Crippen LogP contribution in [0.25, 0.3) is 0 Å². The van der Waals surface area contributed by atoms with Gasteiger partial charge in [0.1, 0.15) is 0 Å². The first-order valence-corrected chi connectivity index (χ1v) is 6.88. The SMILES string of the molecule is Brc1cc(CNCCn2cccn2)cc2c1OCO2. The molecule has 19 heavy (non-hydrogen) atoms. The first-order chi connectivity index (χ1) is 9.33. The molecule has 0 unspecified atom stereocenters. The molecule has 2 aromatic rings. The average molecular weight is 324 g/mol. The van der Waals surface area contributed by atoms with Crippen LogP contribution in [0.3, 0.4) is 0 Å². The van der Waals surface area contributed by atoms with E-state index < -0.39 is 0 Å². The number of hydrogen-bond donors (Lipinski definition) is 1. The van der Waals surface area contributed by atoms with Crippen molar-refractivity contribution in [2.75, 3.05) is 13.3 Å². The van der Waals surface area contributed by atoms with Crippen LogP contribution in [0.1, 0.15) is 5.56 Å². The molecule has 3 rings (SSSR count). The molecule has 0 amide bonds. The molecule has 1 aliphatic heterocycles. The van der Waals surface area contributed by atoms with Crippen molar-refractivity contribution in [2.24, 2.45) is 0 Å². The highest BCUT2D eigenvalue weighted by Gasteiger charge is 2.17. The number of nitrogens with zero attached hydrogens (tertiary/aromatic N) is 2. The van der Waals surface area contributed by atoms with Crippen LogP contribution in [0, 0.1) is 0 Å². The molecule has 5 nitrogen and oxygen atoms in total. The Morgan fingerprint density at radius 1 is 1.37 bits per heavy atom. The second kappa shape index (κ2) is 5.63. The maximum Gasteiger partial charge on any atom is 0.231 e. The van der Waals surface area contributed by atoms with Crippen molar-refractivity contribution in [3.05, 3.63) is 40.6 Å². The fourth-order valence-electron chi connectivity index (χ4n) is 1.98. The van der Waals surface area contributed by atoms with Crippen LogP contribution in [0.15, 0.2) is 35.1 Å². The van der Waals surface area contributed by atoms with Crippen molar-refractivity contribution in [3.63, 3.8) is 0 Å². The third-order valence-electron chi connectivity index (χ3n) is 2.89. The molecule has 0 saturated heterocycles. The Morgan fingerprint density at radius 2 is 2.32 bits per heavy atom. The first-order valence-electron chi connectivity index (χ1n) is 6.09. The van der Waals surface area contributed by atoms with E-state index in [0.29, 0.717) is 6.79 Å². The maximum atomic E-state index is 5.39. The van der Waals surface area contributed by atoms with E-state index in [4.69, 9.17) is 9.47 Å². The molecular formula is C13H14BrN3O2. The van der Waals surface area contributed by atoms with E-state index in [2.05, 4.69) is 32.4 Å². The van der Waals surface area contributed by atoms with E-state index in [9.17, 15) is 0 Å². The second-order valence-corrected chi connectivity index (χ2v) is 5.11. The molecule has 1 aromatic heterocycles. The zero-order valence-corrected chi connectivity index (χ0v) is 11.9. The van der Waals surface area contributed by atoms with Gasteiger partial charge < -0.3 is 14.8 Å². The van der Waals surface area contributed by atoms with Crippen LogP contribution in [-0.4, -0.2) is 23.1 Å². The van der Waals surface area contributed by atoms with Gasteiger partial charge in [-0.1, -0.05) is 0 Å². The molecule has 6 heteroatoms. The van der Waals surface area contributed by atoms with Crippen LogP contribution >= 0.6 is 15.9 Å². The Labute approximate surface area is 119 Å². The van der Waals surface area contributed by atoms with Crippen molar-refractivity contribution >= 4 is 15.9 Å². The number of halogens is 1. The third-order valence-corrected chi connectivity index (χ3v) is 3.48. The lowest BCUT2D eigenvalue weighted by molar-refractivity contribution is 0.173. The van der Waals surface area contributed by atoms with Crippen LogP contribution < -0.4 is 14.8 Å². The summed E-state index contributed by atoms with van der Waals surface area (Å²) >= 11 is 3.49. The number of benzene rings is 1. The summed E-state index contributed by atoms with van der Waals surface area (Å²) < 4.78 is 13.6. The van der Waals surface area contributed by atoms with Crippen molar-refractivity contribution < 1.29 is 9.47 Å². The molecule has 0 bridgehead atoms. The van der Waals surface area contributed by atoms with Crippen LogP contribution in [-0.2, 0) is 13.1 Å². The lowest BCUT2D eigenvalue weighted by Gasteiger charge is -2.07. The number of nitrogens with one attached hydrogen (secondary N) is 1. The fourth-order valence-corrected chi connectivity index (χ4v) is 2.59. The van der Waals surface area contributed by atoms with Crippen molar-refractivity contribution in [3.8, 4) is 11.5 Å². The molecule has 100 valence electrons. The topological polar surface area (TPSA) is 48.3 Å². The van der Waals surface area contributed by atoms with Gasteiger partial charge in [-0.25, -0.2) is 0 Å². The predicted molar refractivity (Wildman–Crippen MR) is 74.2 cm³/mol. The summed E-state index contributed by atoms with van der Waals surface area (Å²) in [5, 5.41) is 7.54. The molecule has 0 saturated carbocycles. The van der Waals surface area contributed by atoms with Gasteiger partial charge in [0.25, 0.3) is 0 Å². The monoisotopic (exact) mass is 323 g/mol. The third kappa shape index (κ3) is 2.90. The van der Waals surface area contributed by atoms with E-state index in [1.807, 2.05) is 23.0 Å². The Balaban J connectivity index is 1.54. The van der Waals surface area contributed by atoms with Crippen LogP contribution in [0.4, 0.5) is 0 Å². The average Bonchev–Trinajstić information content (AvgIpc) is 3.05. The highest BCUT2D eigenvalue weighted by Crippen LogP contribution is 2.39. The van der Waals surface area contributed by atoms with E-state index in [-0.39, 0.29) is 0 Å². The van der Waals surface area contributed by atoms with Gasteiger partial charge in [-0.05, 0) is 39.7 Å². The van der Waals surface area contributed by atoms with Gasteiger partial charge in [0.05, 0.1) is 11.0 Å². The first kappa shape index (κ1) is 12.5. The lowest BCUT2D eigenvalue weighted by atomic mass is 10.2. The molecule has 0 aliphatic carbocycles.